The molecule has 1 aromatic rings. The molecule has 0 aromatic carbocycles. The summed E-state index contributed by atoms with van der Waals surface area (Å²) < 4.78 is 0. The van der Waals surface area contributed by atoms with Gasteiger partial charge in [0.05, 0.1) is 0 Å². The topological polar surface area (TPSA) is 53.4 Å². The third kappa shape index (κ3) is 2.65. The number of hydrogen-bond donors (Lipinski definition) is 1. The number of nitrogens with zero attached hydrogens (tertiary/aromatic N) is 2. The highest BCUT2D eigenvalue weighted by molar-refractivity contribution is 5.93. The number of aromatic nitrogens is 1. The molecule has 1 saturated carbocycles. The van der Waals surface area contributed by atoms with Gasteiger partial charge in [-0.05, 0) is 56.1 Å². The largest absolute Gasteiger partial charge is 0.478 e. The minimum absolute atomic E-state index is 0.389. The monoisotopic (exact) mass is 274 g/mol. The zero-order valence-corrected chi connectivity index (χ0v) is 12.1. The molecule has 0 atom stereocenters. The maximum Gasteiger partial charge on any atom is 0.339 e. The van der Waals surface area contributed by atoms with E-state index in [0.29, 0.717) is 11.4 Å². The Morgan fingerprint density at radius 3 is 2.90 bits per heavy atom. The molecule has 0 amide bonds. The number of aryl methyl sites for hydroxylation is 2. The summed E-state index contributed by atoms with van der Waals surface area (Å²) >= 11 is 0. The molecule has 108 valence electrons. The van der Waals surface area contributed by atoms with Crippen LogP contribution in [0.3, 0.4) is 0 Å². The van der Waals surface area contributed by atoms with Gasteiger partial charge in [-0.15, -0.1) is 0 Å². The maximum absolute atomic E-state index is 11.6. The fourth-order valence-electron chi connectivity index (χ4n) is 3.03. The Morgan fingerprint density at radius 1 is 1.45 bits per heavy atom. The predicted molar refractivity (Wildman–Crippen MR) is 78.4 cm³/mol. The summed E-state index contributed by atoms with van der Waals surface area (Å²) in [7, 11) is 0. The molecule has 1 fully saturated rings. The molecular weight excluding hydrogens is 252 g/mol. The molecule has 2 aliphatic carbocycles. The molecule has 4 heteroatoms. The van der Waals surface area contributed by atoms with Crippen molar-refractivity contribution in [3.05, 3.63) is 22.9 Å². The van der Waals surface area contributed by atoms with Crippen molar-refractivity contribution < 1.29 is 9.90 Å². The molecule has 1 aromatic heterocycles. The van der Waals surface area contributed by atoms with Gasteiger partial charge in [-0.3, -0.25) is 0 Å². The van der Waals surface area contributed by atoms with E-state index in [0.717, 1.165) is 55.9 Å². The minimum Gasteiger partial charge on any atom is -0.478 e. The van der Waals surface area contributed by atoms with Gasteiger partial charge in [0.15, 0.2) is 0 Å². The number of carboxylic acid groups (broad SMARTS) is 1. The number of hydrogen-bond acceptors (Lipinski definition) is 3. The van der Waals surface area contributed by atoms with Crippen molar-refractivity contribution in [1.29, 1.82) is 0 Å². The quantitative estimate of drug-likeness (QED) is 0.866. The van der Waals surface area contributed by atoms with E-state index in [1.807, 2.05) is 6.07 Å². The van der Waals surface area contributed by atoms with Gasteiger partial charge in [0.2, 0.25) is 0 Å². The van der Waals surface area contributed by atoms with Crippen molar-refractivity contribution in [2.45, 2.75) is 45.4 Å². The van der Waals surface area contributed by atoms with Crippen LogP contribution in [0.4, 0.5) is 5.82 Å². The second-order valence-corrected chi connectivity index (χ2v) is 6.01. The maximum atomic E-state index is 11.6. The zero-order chi connectivity index (χ0) is 14.1. The Morgan fingerprint density at radius 2 is 2.25 bits per heavy atom. The highest BCUT2D eigenvalue weighted by atomic mass is 16.4. The molecule has 4 nitrogen and oxygen atoms in total. The minimum atomic E-state index is -0.848. The standard InChI is InChI=1S/C16H22N2O2/c1-2-8-18(10-11-6-7-11)15-13(16(19)20)9-12-4-3-5-14(12)17-15/h9,11H,2-8,10H2,1H3,(H,19,20). The summed E-state index contributed by atoms with van der Waals surface area (Å²) in [5.41, 5.74) is 2.63. The number of fused-ring (bicyclic) bond motifs is 1. The van der Waals surface area contributed by atoms with Crippen molar-refractivity contribution in [3.63, 3.8) is 0 Å². The van der Waals surface area contributed by atoms with Crippen LogP contribution in [0.2, 0.25) is 0 Å². The molecule has 0 aliphatic heterocycles. The summed E-state index contributed by atoms with van der Waals surface area (Å²) in [6, 6.07) is 1.86. The van der Waals surface area contributed by atoms with E-state index in [9.17, 15) is 9.90 Å². The summed E-state index contributed by atoms with van der Waals surface area (Å²) in [6.07, 6.45) is 6.62. The summed E-state index contributed by atoms with van der Waals surface area (Å²) in [5.74, 6) is 0.587. The van der Waals surface area contributed by atoms with Gasteiger partial charge in [-0.1, -0.05) is 6.92 Å². The number of carbonyl (C=O) groups is 1. The average Bonchev–Trinajstić information content (AvgIpc) is 3.12. The molecule has 20 heavy (non-hydrogen) atoms. The molecule has 0 unspecified atom stereocenters. The number of rotatable bonds is 6. The van der Waals surface area contributed by atoms with Gasteiger partial charge in [-0.2, -0.15) is 0 Å². The third-order valence-corrected chi connectivity index (χ3v) is 4.23. The van der Waals surface area contributed by atoms with Crippen molar-refractivity contribution in [3.8, 4) is 0 Å². The van der Waals surface area contributed by atoms with Gasteiger partial charge >= 0.3 is 5.97 Å². The van der Waals surface area contributed by atoms with E-state index >= 15 is 0 Å². The molecule has 3 rings (SSSR count). The van der Waals surface area contributed by atoms with Gasteiger partial charge < -0.3 is 10.0 Å². The molecule has 2 aliphatic rings. The van der Waals surface area contributed by atoms with Crippen LogP contribution in [0.5, 0.6) is 0 Å². The zero-order valence-electron chi connectivity index (χ0n) is 12.1. The fourth-order valence-corrected chi connectivity index (χ4v) is 3.03. The Hall–Kier alpha value is -1.58. The van der Waals surface area contributed by atoms with Crippen LogP contribution in [-0.4, -0.2) is 29.1 Å². The van der Waals surface area contributed by atoms with Crippen LogP contribution in [0.1, 0.15) is 54.2 Å². The van der Waals surface area contributed by atoms with Crippen LogP contribution in [0, 0.1) is 5.92 Å². The molecule has 1 N–H and O–H groups in total. The molecule has 0 spiro atoms. The smallest absolute Gasteiger partial charge is 0.339 e. The van der Waals surface area contributed by atoms with Crippen molar-refractivity contribution >= 4 is 11.8 Å². The highest BCUT2D eigenvalue weighted by Crippen LogP contribution is 2.33. The van der Waals surface area contributed by atoms with Gasteiger partial charge in [0.1, 0.15) is 11.4 Å². The van der Waals surface area contributed by atoms with Crippen LogP contribution in [0.25, 0.3) is 0 Å². The Labute approximate surface area is 119 Å². The van der Waals surface area contributed by atoms with E-state index < -0.39 is 5.97 Å². The lowest BCUT2D eigenvalue weighted by Crippen LogP contribution is -2.29. The van der Waals surface area contributed by atoms with Gasteiger partial charge in [0, 0.05) is 18.8 Å². The summed E-state index contributed by atoms with van der Waals surface area (Å²) in [6.45, 7) is 3.98. The SMILES string of the molecule is CCCN(CC1CC1)c1nc2c(cc1C(=O)O)CCC2. The fraction of sp³-hybridized carbons (Fsp3) is 0.625. The summed E-state index contributed by atoms with van der Waals surface area (Å²) in [4.78, 5) is 18.5. The lowest BCUT2D eigenvalue weighted by atomic mass is 10.1. The van der Waals surface area contributed by atoms with Crippen LogP contribution < -0.4 is 4.90 Å². The highest BCUT2D eigenvalue weighted by Gasteiger charge is 2.28. The first kappa shape index (κ1) is 13.4. The Balaban J connectivity index is 1.97. The van der Waals surface area contributed by atoms with Gasteiger partial charge in [0.25, 0.3) is 0 Å². The second kappa shape index (κ2) is 5.43. The number of pyridine rings is 1. The van der Waals surface area contributed by atoms with Crippen molar-refractivity contribution in [2.24, 2.45) is 5.92 Å². The molecule has 0 bridgehead atoms. The molecular formula is C16H22N2O2. The van der Waals surface area contributed by atoms with Crippen LogP contribution in [-0.2, 0) is 12.8 Å². The first-order valence-electron chi connectivity index (χ1n) is 7.70. The lowest BCUT2D eigenvalue weighted by Gasteiger charge is -2.25. The Bertz CT molecular complexity index is 523. The predicted octanol–water partition coefficient (Wildman–Crippen LogP) is 2.89. The van der Waals surface area contributed by atoms with E-state index in [2.05, 4.69) is 11.8 Å². The normalized spacial score (nSPS) is 17.1. The number of aromatic carboxylic acids is 1. The van der Waals surface area contributed by atoms with Gasteiger partial charge in [-0.25, -0.2) is 9.78 Å². The molecule has 0 radical (unpaired) electrons. The molecule has 1 heterocycles. The van der Waals surface area contributed by atoms with E-state index in [-0.39, 0.29) is 0 Å². The first-order chi connectivity index (χ1) is 9.69. The average molecular weight is 274 g/mol. The summed E-state index contributed by atoms with van der Waals surface area (Å²) in [5, 5.41) is 9.50. The second-order valence-electron chi connectivity index (χ2n) is 6.01. The third-order valence-electron chi connectivity index (χ3n) is 4.23. The molecule has 0 saturated heterocycles. The van der Waals surface area contributed by atoms with Crippen molar-refractivity contribution in [1.82, 2.24) is 4.98 Å². The van der Waals surface area contributed by atoms with E-state index in [1.54, 1.807) is 0 Å². The lowest BCUT2D eigenvalue weighted by molar-refractivity contribution is 0.0697. The van der Waals surface area contributed by atoms with Crippen LogP contribution >= 0.6 is 0 Å². The first-order valence-corrected chi connectivity index (χ1v) is 7.70. The number of anilines is 1. The Kier molecular flexibility index (Phi) is 3.64. The van der Waals surface area contributed by atoms with E-state index in [1.165, 1.54) is 12.8 Å². The van der Waals surface area contributed by atoms with Crippen LogP contribution in [0.15, 0.2) is 6.07 Å². The van der Waals surface area contributed by atoms with Crippen molar-refractivity contribution in [2.75, 3.05) is 18.0 Å². The number of carboxylic acids is 1. The van der Waals surface area contributed by atoms with E-state index in [4.69, 9.17) is 4.98 Å².